The molecule has 12 heteroatoms. The average Bonchev–Trinajstić information content (AvgIpc) is 3.30. The number of hydrogen-bond donors (Lipinski definition) is 0. The van der Waals surface area contributed by atoms with Gasteiger partial charge in [0.05, 0.1) is 45.2 Å². The third kappa shape index (κ3) is 7.45. The van der Waals surface area contributed by atoms with E-state index in [0.29, 0.717) is 44.4 Å². The summed E-state index contributed by atoms with van der Waals surface area (Å²) < 4.78 is 28.1. The van der Waals surface area contributed by atoms with E-state index in [1.807, 2.05) is 62.4 Å². The molecule has 0 fully saturated rings. The fourth-order valence-electron chi connectivity index (χ4n) is 5.03. The zero-order valence-corrected chi connectivity index (χ0v) is 31.9. The van der Waals surface area contributed by atoms with E-state index in [1.165, 1.54) is 11.3 Å². The Kier molecular flexibility index (Phi) is 11.1. The first-order chi connectivity index (χ1) is 22.0. The van der Waals surface area contributed by atoms with E-state index in [0.717, 1.165) is 23.6 Å². The molecule has 0 aliphatic carbocycles. The maximum absolute atomic E-state index is 14.3. The Balaban J connectivity index is 1.66. The van der Waals surface area contributed by atoms with Gasteiger partial charge in [0.1, 0.15) is 12.4 Å². The molecule has 1 aliphatic heterocycles. The number of methoxy groups -OCH3 is 1. The van der Waals surface area contributed by atoms with Crippen molar-refractivity contribution in [1.82, 2.24) is 4.57 Å². The predicted molar refractivity (Wildman–Crippen MR) is 194 cm³/mol. The van der Waals surface area contributed by atoms with E-state index >= 15 is 0 Å². The first kappa shape index (κ1) is 34.4. The molecule has 0 saturated carbocycles. The Morgan fingerprint density at radius 2 is 1.83 bits per heavy atom. The molecule has 1 aromatic heterocycles. The Labute approximate surface area is 301 Å². The quantitative estimate of drug-likeness (QED) is 0.123. The van der Waals surface area contributed by atoms with Gasteiger partial charge in [-0.1, -0.05) is 61.4 Å². The number of fused-ring (bicyclic) bond motifs is 1. The first-order valence-electron chi connectivity index (χ1n) is 14.4. The number of thiazole rings is 1. The van der Waals surface area contributed by atoms with Crippen LogP contribution in [0.1, 0.15) is 50.4 Å². The van der Waals surface area contributed by atoms with Gasteiger partial charge >= 0.3 is 5.97 Å². The van der Waals surface area contributed by atoms with Gasteiger partial charge in [-0.15, -0.1) is 0 Å². The number of carbonyl (C=O) groups is 1. The minimum absolute atomic E-state index is 0.0699. The number of nitrogens with zero attached hydrogens (tertiary/aromatic N) is 2. The standard InChI is InChI=1S/C34H31Br2IN2O6S/c1-6-43-33(41)29-19(4)38-34-39(30(29)21-9-12-26(45-18(2)3)27(14-21)42-5)32(40)28(46-34)15-22-13-24(36)16-25(37)31(22)44-17-20-7-10-23(35)11-8-20/h7-16,18,30H,6,17H2,1-5H3/b28-15+/t30-/m0/s1. The van der Waals surface area contributed by atoms with Crippen LogP contribution >= 0.6 is 65.8 Å². The van der Waals surface area contributed by atoms with Gasteiger partial charge in [0.25, 0.3) is 5.56 Å². The lowest BCUT2D eigenvalue weighted by Crippen LogP contribution is -2.40. The second-order valence-corrected chi connectivity index (χ2v) is 14.6. The van der Waals surface area contributed by atoms with E-state index in [9.17, 15) is 9.59 Å². The van der Waals surface area contributed by atoms with E-state index < -0.39 is 12.0 Å². The summed E-state index contributed by atoms with van der Waals surface area (Å²) in [6.45, 7) is 7.90. The van der Waals surface area contributed by atoms with Crippen molar-refractivity contribution >= 4 is 77.8 Å². The molecular weight excluding hydrogens is 851 g/mol. The molecule has 0 spiro atoms. The zero-order chi connectivity index (χ0) is 33.1. The molecule has 1 atom stereocenters. The van der Waals surface area contributed by atoms with Gasteiger partial charge in [-0.25, -0.2) is 9.79 Å². The second-order valence-electron chi connectivity index (χ2n) is 10.6. The summed E-state index contributed by atoms with van der Waals surface area (Å²) in [5, 5.41) is 0. The van der Waals surface area contributed by atoms with E-state index in [1.54, 1.807) is 37.7 Å². The van der Waals surface area contributed by atoms with Gasteiger partial charge in [-0.3, -0.25) is 9.36 Å². The summed E-state index contributed by atoms with van der Waals surface area (Å²) >= 11 is 10.6. The molecule has 0 radical (unpaired) electrons. The van der Waals surface area contributed by atoms with E-state index in [-0.39, 0.29) is 23.8 Å². The fraction of sp³-hybridized carbons (Fsp3) is 0.265. The third-order valence-electron chi connectivity index (χ3n) is 7.00. The van der Waals surface area contributed by atoms with Crippen LogP contribution in [0.4, 0.5) is 0 Å². The van der Waals surface area contributed by atoms with Gasteiger partial charge in [0, 0.05) is 14.5 Å². The van der Waals surface area contributed by atoms with Crippen molar-refractivity contribution in [3.8, 4) is 17.2 Å². The minimum atomic E-state index is -0.796. The highest BCUT2D eigenvalue weighted by Crippen LogP contribution is 2.37. The monoisotopic (exact) mass is 880 g/mol. The van der Waals surface area contributed by atoms with Crippen LogP contribution in [0.3, 0.4) is 0 Å². The van der Waals surface area contributed by atoms with Crippen LogP contribution < -0.4 is 29.1 Å². The van der Waals surface area contributed by atoms with Crippen LogP contribution in [-0.4, -0.2) is 30.4 Å². The van der Waals surface area contributed by atoms with Gasteiger partial charge in [-0.05, 0) is 104 Å². The van der Waals surface area contributed by atoms with E-state index in [4.69, 9.17) is 23.9 Å². The highest BCUT2D eigenvalue weighted by Gasteiger charge is 2.34. The number of rotatable bonds is 10. The molecule has 0 amide bonds. The van der Waals surface area contributed by atoms with Crippen molar-refractivity contribution in [1.29, 1.82) is 0 Å². The summed E-state index contributed by atoms with van der Waals surface area (Å²) in [5.74, 6) is 1.17. The van der Waals surface area contributed by atoms with Crippen LogP contribution in [-0.2, 0) is 16.1 Å². The molecule has 0 N–H and O–H groups in total. The Hall–Kier alpha value is -2.94. The summed E-state index contributed by atoms with van der Waals surface area (Å²) in [7, 11) is 1.56. The normalized spacial score (nSPS) is 14.6. The average molecular weight is 882 g/mol. The number of carbonyl (C=O) groups excluding carboxylic acids is 1. The Morgan fingerprint density at radius 3 is 2.50 bits per heavy atom. The van der Waals surface area contributed by atoms with Crippen molar-refractivity contribution in [2.75, 3.05) is 13.7 Å². The maximum Gasteiger partial charge on any atom is 0.338 e. The fourth-order valence-corrected chi connectivity index (χ4v) is 8.04. The molecule has 5 rings (SSSR count). The van der Waals surface area contributed by atoms with Crippen LogP contribution in [0.5, 0.6) is 17.2 Å². The number of esters is 1. The van der Waals surface area contributed by atoms with Crippen LogP contribution in [0.15, 0.2) is 84.6 Å². The third-order valence-corrected chi connectivity index (χ3v) is 9.77. The van der Waals surface area contributed by atoms with Crippen molar-refractivity contribution in [3.05, 3.63) is 115 Å². The number of benzene rings is 3. The first-order valence-corrected chi connectivity index (χ1v) is 17.9. The maximum atomic E-state index is 14.3. The van der Waals surface area contributed by atoms with Crippen molar-refractivity contribution in [3.63, 3.8) is 0 Å². The highest BCUT2D eigenvalue weighted by atomic mass is 127. The lowest BCUT2D eigenvalue weighted by atomic mass is 9.95. The number of aromatic nitrogens is 1. The SMILES string of the molecule is CCOC(=O)C1=C(C)N=c2s/c(=C/c3cc(Br)cc(I)c3OCc3ccc(Br)cc3)c(=O)n2[C@H]1c1ccc(OC(C)C)c(OC)c1. The summed E-state index contributed by atoms with van der Waals surface area (Å²) in [5.41, 5.74) is 2.88. The smallest absolute Gasteiger partial charge is 0.338 e. The molecule has 3 aromatic carbocycles. The lowest BCUT2D eigenvalue weighted by molar-refractivity contribution is -0.139. The van der Waals surface area contributed by atoms with Crippen LogP contribution in [0.25, 0.3) is 6.08 Å². The Bertz CT molecular complexity index is 2000. The van der Waals surface area contributed by atoms with Crippen molar-refractivity contribution < 1.29 is 23.7 Å². The predicted octanol–water partition coefficient (Wildman–Crippen LogP) is 7.30. The molecule has 8 nitrogen and oxygen atoms in total. The molecule has 0 bridgehead atoms. The van der Waals surface area contributed by atoms with Crippen molar-refractivity contribution in [2.45, 2.75) is 46.4 Å². The van der Waals surface area contributed by atoms with Crippen LogP contribution in [0.2, 0.25) is 0 Å². The van der Waals surface area contributed by atoms with Gasteiger partial charge in [-0.2, -0.15) is 0 Å². The van der Waals surface area contributed by atoms with Gasteiger partial charge in [0.15, 0.2) is 16.3 Å². The number of halogens is 3. The summed E-state index contributed by atoms with van der Waals surface area (Å²) in [6.07, 6.45) is 1.74. The van der Waals surface area contributed by atoms with Gasteiger partial charge < -0.3 is 18.9 Å². The molecule has 0 unspecified atom stereocenters. The molecule has 1 aliphatic rings. The molecular formula is C34H31Br2IN2O6S. The molecule has 2 heterocycles. The molecule has 240 valence electrons. The molecule has 4 aromatic rings. The molecule has 0 saturated heterocycles. The van der Waals surface area contributed by atoms with Gasteiger partial charge in [0.2, 0.25) is 0 Å². The number of allylic oxidation sites excluding steroid dienone is 1. The summed E-state index contributed by atoms with van der Waals surface area (Å²) in [6, 6.07) is 16.4. The van der Waals surface area contributed by atoms with E-state index in [2.05, 4.69) is 54.5 Å². The zero-order valence-electron chi connectivity index (χ0n) is 25.7. The summed E-state index contributed by atoms with van der Waals surface area (Å²) in [4.78, 5) is 32.8. The molecule has 46 heavy (non-hydrogen) atoms. The second kappa shape index (κ2) is 14.9. The van der Waals surface area contributed by atoms with Crippen LogP contribution in [0, 0.1) is 3.57 Å². The largest absolute Gasteiger partial charge is 0.493 e. The number of hydrogen-bond acceptors (Lipinski definition) is 8. The topological polar surface area (TPSA) is 88.4 Å². The Morgan fingerprint density at radius 1 is 1.09 bits per heavy atom. The minimum Gasteiger partial charge on any atom is -0.493 e. The number of ether oxygens (including phenoxy) is 4. The van der Waals surface area contributed by atoms with Crippen molar-refractivity contribution in [2.24, 2.45) is 4.99 Å². The lowest BCUT2D eigenvalue weighted by Gasteiger charge is -2.25. The highest BCUT2D eigenvalue weighted by molar-refractivity contribution is 14.1.